The average molecular weight is 150 g/mol. The largest absolute Gasteiger partial charge is 0.493 e. The zero-order valence-electron chi connectivity index (χ0n) is 7.18. The summed E-state index contributed by atoms with van der Waals surface area (Å²) in [6.45, 7) is 8.81. The highest BCUT2D eigenvalue weighted by Crippen LogP contribution is 2.21. The molecular weight excluding hydrogens is 136 g/mol. The first kappa shape index (κ1) is 8.12. The monoisotopic (exact) mass is 150 g/mol. The predicted octanol–water partition coefficient (Wildman–Crippen LogP) is 2.81. The van der Waals surface area contributed by atoms with Crippen molar-refractivity contribution in [2.75, 3.05) is 6.61 Å². The van der Waals surface area contributed by atoms with Crippen LogP contribution in [0.3, 0.4) is 0 Å². The van der Waals surface area contributed by atoms with Crippen molar-refractivity contribution in [3.8, 4) is 0 Å². The zero-order chi connectivity index (χ0) is 8.27. The van der Waals surface area contributed by atoms with Gasteiger partial charge in [-0.3, -0.25) is 0 Å². The van der Waals surface area contributed by atoms with Gasteiger partial charge in [0.1, 0.15) is 5.76 Å². The zero-order valence-corrected chi connectivity index (χ0v) is 7.18. The highest BCUT2D eigenvalue weighted by Gasteiger charge is 2.10. The van der Waals surface area contributed by atoms with Crippen molar-refractivity contribution < 1.29 is 4.74 Å². The van der Waals surface area contributed by atoms with E-state index in [1.165, 1.54) is 5.57 Å². The van der Waals surface area contributed by atoms with Crippen LogP contribution in [0, 0.1) is 0 Å². The first-order valence-corrected chi connectivity index (χ1v) is 3.86. The molecule has 0 atom stereocenters. The Kier molecular flexibility index (Phi) is 2.53. The summed E-state index contributed by atoms with van der Waals surface area (Å²) < 4.78 is 5.33. The summed E-state index contributed by atoms with van der Waals surface area (Å²) in [6, 6.07) is 0. The van der Waals surface area contributed by atoms with Crippen LogP contribution >= 0.6 is 0 Å². The van der Waals surface area contributed by atoms with E-state index in [4.69, 9.17) is 4.74 Å². The first-order valence-electron chi connectivity index (χ1n) is 3.86. The number of hydrogen-bond acceptors (Lipinski definition) is 1. The van der Waals surface area contributed by atoms with Gasteiger partial charge in [-0.2, -0.15) is 0 Å². The molecule has 1 heteroatoms. The van der Waals surface area contributed by atoms with Gasteiger partial charge in [0.25, 0.3) is 0 Å². The molecule has 1 aliphatic rings. The maximum atomic E-state index is 5.33. The quantitative estimate of drug-likeness (QED) is 0.558. The molecule has 0 saturated carbocycles. The fraction of sp³-hybridized carbons (Fsp3) is 0.400. The van der Waals surface area contributed by atoms with Gasteiger partial charge in [-0.15, -0.1) is 0 Å². The maximum absolute atomic E-state index is 5.33. The molecule has 1 fully saturated rings. The lowest BCUT2D eigenvalue weighted by atomic mass is 10.2. The Labute approximate surface area is 68.1 Å². The van der Waals surface area contributed by atoms with E-state index in [0.29, 0.717) is 0 Å². The third kappa shape index (κ3) is 2.26. The van der Waals surface area contributed by atoms with Crippen molar-refractivity contribution in [1.29, 1.82) is 0 Å². The Morgan fingerprint density at radius 1 is 1.55 bits per heavy atom. The van der Waals surface area contributed by atoms with E-state index in [0.717, 1.165) is 24.4 Å². The summed E-state index contributed by atoms with van der Waals surface area (Å²) in [6.07, 6.45) is 5.01. The minimum absolute atomic E-state index is 0.793. The Morgan fingerprint density at radius 2 is 2.27 bits per heavy atom. The van der Waals surface area contributed by atoms with Crippen LogP contribution in [-0.2, 0) is 4.74 Å². The van der Waals surface area contributed by atoms with Crippen molar-refractivity contribution in [3.63, 3.8) is 0 Å². The van der Waals surface area contributed by atoms with Crippen LogP contribution in [-0.4, -0.2) is 6.61 Å². The highest BCUT2D eigenvalue weighted by atomic mass is 16.5. The van der Waals surface area contributed by atoms with Crippen LogP contribution in [0.2, 0.25) is 0 Å². The van der Waals surface area contributed by atoms with Crippen molar-refractivity contribution in [2.24, 2.45) is 0 Å². The number of hydrogen-bond donors (Lipinski definition) is 0. The van der Waals surface area contributed by atoms with E-state index in [9.17, 15) is 0 Å². The maximum Gasteiger partial charge on any atom is 0.122 e. The van der Waals surface area contributed by atoms with Crippen LogP contribution in [0.25, 0.3) is 0 Å². The number of ether oxygens (including phenoxy) is 1. The summed E-state index contributed by atoms with van der Waals surface area (Å²) in [5, 5.41) is 0. The molecule has 1 nitrogen and oxygen atoms in total. The Bertz CT molecular complexity index is 217. The van der Waals surface area contributed by atoms with Gasteiger partial charge in [0.15, 0.2) is 0 Å². The van der Waals surface area contributed by atoms with Gasteiger partial charge in [-0.1, -0.05) is 18.2 Å². The molecule has 11 heavy (non-hydrogen) atoms. The van der Waals surface area contributed by atoms with Crippen molar-refractivity contribution in [1.82, 2.24) is 0 Å². The molecule has 1 saturated heterocycles. The van der Waals surface area contributed by atoms with E-state index in [1.807, 2.05) is 12.2 Å². The fourth-order valence-electron chi connectivity index (χ4n) is 0.918. The SMILES string of the molecule is C=C1CCO/C1=C/C=C(C)C. The Hall–Kier alpha value is -0.980. The molecule has 60 valence electrons. The molecule has 0 aromatic heterocycles. The molecule has 0 N–H and O–H groups in total. The fourth-order valence-corrected chi connectivity index (χ4v) is 0.918. The third-order valence-corrected chi connectivity index (χ3v) is 1.58. The predicted molar refractivity (Wildman–Crippen MR) is 47.2 cm³/mol. The summed E-state index contributed by atoms with van der Waals surface area (Å²) in [7, 11) is 0. The van der Waals surface area contributed by atoms with Gasteiger partial charge < -0.3 is 4.74 Å². The van der Waals surface area contributed by atoms with Gasteiger partial charge in [0.05, 0.1) is 6.61 Å². The molecule has 0 aromatic rings. The lowest BCUT2D eigenvalue weighted by molar-refractivity contribution is 0.266. The normalized spacial score (nSPS) is 20.2. The molecular formula is C10H14O. The van der Waals surface area contributed by atoms with Crippen molar-refractivity contribution >= 4 is 0 Å². The van der Waals surface area contributed by atoms with Crippen LogP contribution < -0.4 is 0 Å². The molecule has 1 rings (SSSR count). The molecule has 0 radical (unpaired) electrons. The number of rotatable bonds is 1. The van der Waals surface area contributed by atoms with Gasteiger partial charge in [0, 0.05) is 6.42 Å². The summed E-state index contributed by atoms with van der Waals surface area (Å²) >= 11 is 0. The van der Waals surface area contributed by atoms with Crippen LogP contribution in [0.15, 0.2) is 35.6 Å². The summed E-state index contributed by atoms with van der Waals surface area (Å²) in [5.74, 6) is 0.950. The minimum Gasteiger partial charge on any atom is -0.493 e. The van der Waals surface area contributed by atoms with Gasteiger partial charge in [-0.05, 0) is 25.5 Å². The van der Waals surface area contributed by atoms with Crippen LogP contribution in [0.4, 0.5) is 0 Å². The summed E-state index contributed by atoms with van der Waals surface area (Å²) in [5.41, 5.74) is 2.39. The number of allylic oxidation sites excluding steroid dienone is 4. The van der Waals surface area contributed by atoms with E-state index in [2.05, 4.69) is 20.4 Å². The topological polar surface area (TPSA) is 9.23 Å². The lowest BCUT2D eigenvalue weighted by Gasteiger charge is -1.95. The van der Waals surface area contributed by atoms with Crippen LogP contribution in [0.1, 0.15) is 20.3 Å². The molecule has 1 heterocycles. The van der Waals surface area contributed by atoms with E-state index in [-0.39, 0.29) is 0 Å². The third-order valence-electron chi connectivity index (χ3n) is 1.58. The van der Waals surface area contributed by atoms with Gasteiger partial charge in [-0.25, -0.2) is 0 Å². The molecule has 0 amide bonds. The highest BCUT2D eigenvalue weighted by molar-refractivity contribution is 5.30. The molecule has 0 aliphatic carbocycles. The molecule has 0 unspecified atom stereocenters. The second kappa shape index (κ2) is 3.42. The standard InChI is InChI=1S/C10H14O/c1-8(2)4-5-10-9(3)6-7-11-10/h4-5H,3,6-7H2,1-2H3/b10-5+. The minimum atomic E-state index is 0.793. The average Bonchev–Trinajstić information content (AvgIpc) is 2.31. The van der Waals surface area contributed by atoms with Crippen molar-refractivity contribution in [2.45, 2.75) is 20.3 Å². The van der Waals surface area contributed by atoms with E-state index < -0.39 is 0 Å². The molecule has 0 spiro atoms. The Balaban J connectivity index is 2.66. The first-order chi connectivity index (χ1) is 5.20. The lowest BCUT2D eigenvalue weighted by Crippen LogP contribution is -1.78. The second-order valence-corrected chi connectivity index (χ2v) is 2.98. The Morgan fingerprint density at radius 3 is 2.73 bits per heavy atom. The van der Waals surface area contributed by atoms with E-state index in [1.54, 1.807) is 0 Å². The molecule has 0 aromatic carbocycles. The van der Waals surface area contributed by atoms with Gasteiger partial charge >= 0.3 is 0 Å². The molecule has 1 aliphatic heterocycles. The molecule has 0 bridgehead atoms. The summed E-state index contributed by atoms with van der Waals surface area (Å²) in [4.78, 5) is 0. The van der Waals surface area contributed by atoms with Crippen LogP contribution in [0.5, 0.6) is 0 Å². The second-order valence-electron chi connectivity index (χ2n) is 2.98. The van der Waals surface area contributed by atoms with E-state index >= 15 is 0 Å². The van der Waals surface area contributed by atoms with Gasteiger partial charge in [0.2, 0.25) is 0 Å². The van der Waals surface area contributed by atoms with Crippen molar-refractivity contribution in [3.05, 3.63) is 35.6 Å². The smallest absolute Gasteiger partial charge is 0.122 e.